The van der Waals surface area contributed by atoms with Crippen LogP contribution in [0.3, 0.4) is 0 Å². The quantitative estimate of drug-likeness (QED) is 0.842. The van der Waals surface area contributed by atoms with Crippen LogP contribution in [0.1, 0.15) is 27.9 Å². The molecule has 0 aliphatic carbocycles. The normalized spacial score (nSPS) is 17.8. The Hall–Kier alpha value is -3.60. The molecule has 6 nitrogen and oxygen atoms in total. The van der Waals surface area contributed by atoms with Crippen LogP contribution in [0.5, 0.6) is 0 Å². The number of benzene rings is 1. The molecule has 29 heavy (non-hydrogen) atoms. The lowest BCUT2D eigenvalue weighted by Gasteiger charge is -2.19. The van der Waals surface area contributed by atoms with E-state index in [0.29, 0.717) is 11.1 Å². The molecule has 2 amide bonds. The molecule has 1 N–H and O–H groups in total. The fraction of sp³-hybridized carbons (Fsp3) is 0.238. The lowest BCUT2D eigenvalue weighted by Crippen LogP contribution is -2.43. The first-order valence-electron chi connectivity index (χ1n) is 8.92. The van der Waals surface area contributed by atoms with Gasteiger partial charge in [0.25, 0.3) is 11.8 Å². The summed E-state index contributed by atoms with van der Waals surface area (Å²) >= 11 is 0. The number of aromatic nitrogens is 1. The highest BCUT2D eigenvalue weighted by molar-refractivity contribution is 6.00. The zero-order valence-corrected chi connectivity index (χ0v) is 15.4. The Morgan fingerprint density at radius 3 is 2.76 bits per heavy atom. The van der Waals surface area contributed by atoms with E-state index in [1.165, 1.54) is 18.5 Å². The van der Waals surface area contributed by atoms with E-state index in [9.17, 15) is 18.4 Å². The average molecular weight is 396 g/mol. The molecule has 1 aromatic carbocycles. The molecule has 1 aliphatic rings. The van der Waals surface area contributed by atoms with E-state index in [1.807, 2.05) is 36.4 Å². The Labute approximate surface area is 166 Å². The van der Waals surface area contributed by atoms with E-state index in [4.69, 9.17) is 5.26 Å². The maximum atomic E-state index is 13.5. The monoisotopic (exact) mass is 396 g/mol. The Morgan fingerprint density at radius 2 is 2.03 bits per heavy atom. The average Bonchev–Trinajstić information content (AvgIpc) is 3.06. The Balaban J connectivity index is 1.66. The minimum absolute atomic E-state index is 0.295. The third-order valence-electron chi connectivity index (χ3n) is 4.49. The van der Waals surface area contributed by atoms with Crippen molar-refractivity contribution < 1.29 is 18.4 Å². The SMILES string of the molecule is N#C[C@@H]1CC(F)(F)CN1C(=O)CNC(=O)c1ccncc1/C=C/c1ccccc1. The van der Waals surface area contributed by atoms with Crippen molar-refractivity contribution in [3.63, 3.8) is 0 Å². The molecule has 1 aromatic heterocycles. The Kier molecular flexibility index (Phi) is 5.98. The number of hydrogen-bond acceptors (Lipinski definition) is 4. The summed E-state index contributed by atoms with van der Waals surface area (Å²) in [7, 11) is 0. The molecule has 8 heteroatoms. The highest BCUT2D eigenvalue weighted by atomic mass is 19.3. The zero-order valence-electron chi connectivity index (χ0n) is 15.4. The van der Waals surface area contributed by atoms with Gasteiger partial charge in [0.2, 0.25) is 5.91 Å². The second kappa shape index (κ2) is 8.61. The van der Waals surface area contributed by atoms with Crippen LogP contribution in [0.25, 0.3) is 12.2 Å². The second-order valence-electron chi connectivity index (χ2n) is 6.62. The number of hydrogen-bond donors (Lipinski definition) is 1. The van der Waals surface area contributed by atoms with Gasteiger partial charge in [-0.1, -0.05) is 42.5 Å². The van der Waals surface area contributed by atoms with Gasteiger partial charge in [-0.2, -0.15) is 5.26 Å². The third kappa shape index (κ3) is 5.02. The minimum atomic E-state index is -3.10. The number of carbonyl (C=O) groups excluding carboxylic acids is 2. The van der Waals surface area contributed by atoms with Crippen molar-refractivity contribution in [2.75, 3.05) is 13.1 Å². The number of nitrogens with zero attached hydrogens (tertiary/aromatic N) is 3. The van der Waals surface area contributed by atoms with Crippen molar-refractivity contribution >= 4 is 24.0 Å². The summed E-state index contributed by atoms with van der Waals surface area (Å²) in [6.07, 6.45) is 5.82. The fourth-order valence-electron chi connectivity index (χ4n) is 3.04. The first-order valence-corrected chi connectivity index (χ1v) is 8.92. The molecule has 0 bridgehead atoms. The zero-order chi connectivity index (χ0) is 20.9. The molecular formula is C21H18F2N4O2. The van der Waals surface area contributed by atoms with Gasteiger partial charge in [0, 0.05) is 29.9 Å². The van der Waals surface area contributed by atoms with Gasteiger partial charge in [-0.25, -0.2) is 8.78 Å². The molecule has 0 spiro atoms. The largest absolute Gasteiger partial charge is 0.343 e. The highest BCUT2D eigenvalue weighted by Gasteiger charge is 2.47. The van der Waals surface area contributed by atoms with Gasteiger partial charge < -0.3 is 10.2 Å². The van der Waals surface area contributed by atoms with Crippen LogP contribution in [-0.2, 0) is 4.79 Å². The highest BCUT2D eigenvalue weighted by Crippen LogP contribution is 2.31. The van der Waals surface area contributed by atoms with Crippen LogP contribution in [0, 0.1) is 11.3 Å². The lowest BCUT2D eigenvalue weighted by atomic mass is 10.1. The molecule has 2 heterocycles. The van der Waals surface area contributed by atoms with E-state index in [0.717, 1.165) is 10.5 Å². The van der Waals surface area contributed by atoms with Crippen molar-refractivity contribution in [2.24, 2.45) is 0 Å². The van der Waals surface area contributed by atoms with Crippen LogP contribution in [0.4, 0.5) is 8.78 Å². The molecule has 1 saturated heterocycles. The summed E-state index contributed by atoms with van der Waals surface area (Å²) < 4.78 is 27.0. The smallest absolute Gasteiger partial charge is 0.268 e. The van der Waals surface area contributed by atoms with Gasteiger partial charge in [-0.15, -0.1) is 0 Å². The molecule has 2 aromatic rings. The maximum Gasteiger partial charge on any atom is 0.268 e. The minimum Gasteiger partial charge on any atom is -0.343 e. The number of rotatable bonds is 5. The first-order chi connectivity index (χ1) is 13.9. The summed E-state index contributed by atoms with van der Waals surface area (Å²) in [5, 5.41) is 11.4. The summed E-state index contributed by atoms with van der Waals surface area (Å²) in [6, 6.07) is 11.5. The van der Waals surface area contributed by atoms with Crippen molar-refractivity contribution in [2.45, 2.75) is 18.4 Å². The van der Waals surface area contributed by atoms with Crippen LogP contribution < -0.4 is 5.32 Å². The van der Waals surface area contributed by atoms with Crippen LogP contribution >= 0.6 is 0 Å². The molecule has 0 saturated carbocycles. The predicted molar refractivity (Wildman–Crippen MR) is 103 cm³/mol. The number of halogens is 2. The molecule has 1 atom stereocenters. The molecule has 0 radical (unpaired) electrons. The Morgan fingerprint density at radius 1 is 1.28 bits per heavy atom. The van der Waals surface area contributed by atoms with E-state index in [-0.39, 0.29) is 0 Å². The van der Waals surface area contributed by atoms with Gasteiger partial charge in [0.15, 0.2) is 0 Å². The molecule has 148 valence electrons. The molecule has 0 unspecified atom stereocenters. The number of carbonyl (C=O) groups is 2. The van der Waals surface area contributed by atoms with E-state index < -0.39 is 43.3 Å². The van der Waals surface area contributed by atoms with Crippen molar-refractivity contribution in [3.8, 4) is 6.07 Å². The van der Waals surface area contributed by atoms with Gasteiger partial charge in [-0.05, 0) is 11.6 Å². The first kappa shape index (κ1) is 20.1. The van der Waals surface area contributed by atoms with Crippen molar-refractivity contribution in [1.82, 2.24) is 15.2 Å². The number of nitrogens with one attached hydrogen (secondary N) is 1. The number of likely N-dealkylation sites (tertiary alicyclic amines) is 1. The molecular weight excluding hydrogens is 378 g/mol. The molecule has 3 rings (SSSR count). The maximum absolute atomic E-state index is 13.5. The van der Waals surface area contributed by atoms with E-state index >= 15 is 0 Å². The van der Waals surface area contributed by atoms with Crippen molar-refractivity contribution in [1.29, 1.82) is 5.26 Å². The summed E-state index contributed by atoms with van der Waals surface area (Å²) in [5.74, 6) is -4.36. The molecule has 1 aliphatic heterocycles. The standard InChI is InChI=1S/C21H18F2N4O2/c22-21(23)10-17(11-24)27(14-21)19(28)13-26-20(29)18-8-9-25-12-16(18)7-6-15-4-2-1-3-5-15/h1-9,12,17H,10,13-14H2,(H,26,29)/b7-6+/t17-/m0/s1. The third-order valence-corrected chi connectivity index (χ3v) is 4.49. The summed E-state index contributed by atoms with van der Waals surface area (Å²) in [6.45, 7) is -1.29. The van der Waals surface area contributed by atoms with E-state index in [1.54, 1.807) is 12.1 Å². The fourth-order valence-corrected chi connectivity index (χ4v) is 3.04. The predicted octanol–water partition coefficient (Wildman–Crippen LogP) is 2.74. The lowest BCUT2D eigenvalue weighted by molar-refractivity contribution is -0.131. The summed E-state index contributed by atoms with van der Waals surface area (Å²) in [5.41, 5.74) is 1.78. The van der Waals surface area contributed by atoms with Gasteiger partial charge in [0.1, 0.15) is 6.04 Å². The van der Waals surface area contributed by atoms with Crippen LogP contribution in [-0.4, -0.2) is 46.8 Å². The Bertz CT molecular complexity index is 970. The van der Waals surface area contributed by atoms with Gasteiger partial charge in [-0.3, -0.25) is 14.6 Å². The molecule has 1 fully saturated rings. The van der Waals surface area contributed by atoms with Gasteiger partial charge >= 0.3 is 0 Å². The van der Waals surface area contributed by atoms with Gasteiger partial charge in [0.05, 0.1) is 19.2 Å². The van der Waals surface area contributed by atoms with E-state index in [2.05, 4.69) is 10.3 Å². The van der Waals surface area contributed by atoms with Crippen molar-refractivity contribution in [3.05, 3.63) is 65.5 Å². The topological polar surface area (TPSA) is 86.1 Å². The van der Waals surface area contributed by atoms with Crippen LogP contribution in [0.2, 0.25) is 0 Å². The number of nitriles is 1. The van der Waals surface area contributed by atoms with Crippen LogP contribution in [0.15, 0.2) is 48.8 Å². The number of amides is 2. The second-order valence-corrected chi connectivity index (χ2v) is 6.62. The number of alkyl halides is 2. The summed E-state index contributed by atoms with van der Waals surface area (Å²) in [4.78, 5) is 29.6. The number of pyridine rings is 1.